The molecule has 1 amide bonds. The van der Waals surface area contributed by atoms with Crippen molar-refractivity contribution in [2.75, 3.05) is 20.3 Å². The molecule has 0 aromatic carbocycles. The number of methoxy groups -OCH3 is 1. The van der Waals surface area contributed by atoms with E-state index in [1.165, 1.54) is 18.1 Å². The highest BCUT2D eigenvalue weighted by Crippen LogP contribution is 2.18. The van der Waals surface area contributed by atoms with E-state index in [9.17, 15) is 14.9 Å². The molecule has 2 rings (SSSR count). The third kappa shape index (κ3) is 3.89. The zero-order valence-corrected chi connectivity index (χ0v) is 12.0. The number of aromatic nitrogens is 1. The van der Waals surface area contributed by atoms with Crippen LogP contribution in [0, 0.1) is 10.1 Å². The Kier molecular flexibility index (Phi) is 5.21. The third-order valence-corrected chi connectivity index (χ3v) is 2.91. The lowest BCUT2D eigenvalue weighted by Crippen LogP contribution is -2.33. The summed E-state index contributed by atoms with van der Waals surface area (Å²) in [6, 6.07) is 7.83. The molecule has 22 heavy (non-hydrogen) atoms. The van der Waals surface area contributed by atoms with Crippen molar-refractivity contribution >= 4 is 11.8 Å². The van der Waals surface area contributed by atoms with Gasteiger partial charge < -0.3 is 14.1 Å². The smallest absolute Gasteiger partial charge is 0.395 e. The van der Waals surface area contributed by atoms with E-state index in [-0.39, 0.29) is 12.3 Å². The maximum absolute atomic E-state index is 12.4. The average molecular weight is 305 g/mol. The van der Waals surface area contributed by atoms with Crippen molar-refractivity contribution in [3.8, 4) is 0 Å². The molecule has 2 heterocycles. The Bertz CT molecular complexity index is 641. The molecule has 0 unspecified atom stereocenters. The summed E-state index contributed by atoms with van der Waals surface area (Å²) in [5, 5.41) is 10.6. The van der Waals surface area contributed by atoms with Crippen molar-refractivity contribution < 1.29 is 18.9 Å². The molecule has 0 atom stereocenters. The first kappa shape index (κ1) is 15.6. The lowest BCUT2D eigenvalue weighted by Gasteiger charge is -2.20. The first-order valence-corrected chi connectivity index (χ1v) is 6.54. The van der Waals surface area contributed by atoms with Crippen LogP contribution in [0.3, 0.4) is 0 Å². The summed E-state index contributed by atoms with van der Waals surface area (Å²) in [5.74, 6) is -0.998. The van der Waals surface area contributed by atoms with Crippen LogP contribution in [0.1, 0.15) is 16.2 Å². The number of amides is 1. The highest BCUT2D eigenvalue weighted by atomic mass is 16.6. The predicted molar refractivity (Wildman–Crippen MR) is 76.2 cm³/mol. The van der Waals surface area contributed by atoms with Crippen molar-refractivity contribution in [3.63, 3.8) is 0 Å². The number of carbonyl (C=O) groups is 1. The number of furan rings is 1. The number of hydrogen-bond donors (Lipinski definition) is 0. The number of pyridine rings is 1. The van der Waals surface area contributed by atoms with Crippen LogP contribution in [0.15, 0.2) is 40.9 Å². The Morgan fingerprint density at radius 1 is 1.41 bits per heavy atom. The summed E-state index contributed by atoms with van der Waals surface area (Å²) in [6.45, 7) is 0.916. The molecule has 2 aromatic rings. The maximum atomic E-state index is 12.4. The largest absolute Gasteiger partial charge is 0.433 e. The fraction of sp³-hybridized carbons (Fsp3) is 0.286. The SMILES string of the molecule is COCCN(Cc1ccccn1)C(=O)c1ccc([N+](=O)[O-])o1. The van der Waals surface area contributed by atoms with Gasteiger partial charge in [0, 0.05) is 19.9 Å². The Labute approximate surface area is 126 Å². The quantitative estimate of drug-likeness (QED) is 0.572. The summed E-state index contributed by atoms with van der Waals surface area (Å²) in [7, 11) is 1.53. The van der Waals surface area contributed by atoms with Gasteiger partial charge in [-0.3, -0.25) is 19.9 Å². The zero-order chi connectivity index (χ0) is 15.9. The van der Waals surface area contributed by atoms with Crippen molar-refractivity contribution in [1.29, 1.82) is 0 Å². The highest BCUT2D eigenvalue weighted by Gasteiger charge is 2.22. The summed E-state index contributed by atoms with van der Waals surface area (Å²) in [6.07, 6.45) is 1.63. The van der Waals surface area contributed by atoms with Gasteiger partial charge in [-0.1, -0.05) is 6.07 Å². The van der Waals surface area contributed by atoms with Crippen LogP contribution in [-0.2, 0) is 11.3 Å². The van der Waals surface area contributed by atoms with E-state index >= 15 is 0 Å². The molecule has 0 saturated carbocycles. The number of rotatable bonds is 7. The van der Waals surface area contributed by atoms with E-state index in [4.69, 9.17) is 9.15 Å². The summed E-state index contributed by atoms with van der Waals surface area (Å²) < 4.78 is 9.94. The van der Waals surface area contributed by atoms with Gasteiger partial charge in [0.2, 0.25) is 0 Å². The Hall–Kier alpha value is -2.74. The van der Waals surface area contributed by atoms with E-state index in [2.05, 4.69) is 4.98 Å². The first-order valence-electron chi connectivity index (χ1n) is 6.54. The molecule has 8 nitrogen and oxygen atoms in total. The van der Waals surface area contributed by atoms with Crippen LogP contribution in [0.4, 0.5) is 5.88 Å². The van der Waals surface area contributed by atoms with E-state index in [0.717, 1.165) is 6.07 Å². The van der Waals surface area contributed by atoms with Gasteiger partial charge in [-0.2, -0.15) is 0 Å². The molecule has 0 saturated heterocycles. The molecule has 0 aliphatic heterocycles. The first-order chi connectivity index (χ1) is 10.6. The second-order valence-electron chi connectivity index (χ2n) is 4.44. The van der Waals surface area contributed by atoms with E-state index in [1.54, 1.807) is 18.3 Å². The fourth-order valence-corrected chi connectivity index (χ4v) is 1.84. The molecule has 0 bridgehead atoms. The van der Waals surface area contributed by atoms with Crippen molar-refractivity contribution in [3.05, 3.63) is 58.1 Å². The van der Waals surface area contributed by atoms with Gasteiger partial charge in [0.1, 0.15) is 4.92 Å². The van der Waals surface area contributed by atoms with E-state index in [0.29, 0.717) is 18.8 Å². The average Bonchev–Trinajstić information content (AvgIpc) is 3.02. The minimum Gasteiger partial charge on any atom is -0.395 e. The highest BCUT2D eigenvalue weighted by molar-refractivity contribution is 5.91. The Balaban J connectivity index is 2.16. The van der Waals surface area contributed by atoms with Gasteiger partial charge in [0.15, 0.2) is 5.76 Å². The molecular weight excluding hydrogens is 290 g/mol. The van der Waals surface area contributed by atoms with Crippen LogP contribution in [0.2, 0.25) is 0 Å². The third-order valence-electron chi connectivity index (χ3n) is 2.91. The summed E-state index contributed by atoms with van der Waals surface area (Å²) >= 11 is 0. The molecule has 0 fully saturated rings. The van der Waals surface area contributed by atoms with Crippen LogP contribution < -0.4 is 0 Å². The van der Waals surface area contributed by atoms with Gasteiger partial charge >= 0.3 is 5.88 Å². The fourth-order valence-electron chi connectivity index (χ4n) is 1.84. The lowest BCUT2D eigenvalue weighted by atomic mass is 10.3. The molecule has 0 aliphatic rings. The minimum atomic E-state index is -0.685. The Morgan fingerprint density at radius 3 is 2.82 bits per heavy atom. The number of nitro groups is 1. The van der Waals surface area contributed by atoms with Gasteiger partial charge in [-0.05, 0) is 18.2 Å². The Morgan fingerprint density at radius 2 is 2.23 bits per heavy atom. The summed E-state index contributed by atoms with van der Waals surface area (Å²) in [4.78, 5) is 28.0. The molecule has 116 valence electrons. The molecular formula is C14H15N3O5. The topological polar surface area (TPSA) is 98.7 Å². The molecule has 0 radical (unpaired) electrons. The molecule has 0 N–H and O–H groups in total. The molecule has 0 aliphatic carbocycles. The van der Waals surface area contributed by atoms with Crippen molar-refractivity contribution in [2.24, 2.45) is 0 Å². The van der Waals surface area contributed by atoms with E-state index in [1.807, 2.05) is 6.07 Å². The second kappa shape index (κ2) is 7.32. The van der Waals surface area contributed by atoms with Gasteiger partial charge in [0.25, 0.3) is 5.91 Å². The van der Waals surface area contributed by atoms with Crippen LogP contribution in [0.25, 0.3) is 0 Å². The number of nitrogens with zero attached hydrogens (tertiary/aromatic N) is 3. The van der Waals surface area contributed by atoms with Crippen molar-refractivity contribution in [1.82, 2.24) is 9.88 Å². The number of ether oxygens (including phenoxy) is 1. The normalized spacial score (nSPS) is 10.4. The molecule has 8 heteroatoms. The standard InChI is InChI=1S/C14H15N3O5/c1-21-9-8-16(10-11-4-2-3-7-15-11)14(18)12-5-6-13(22-12)17(19)20/h2-7H,8-10H2,1H3. The predicted octanol–water partition coefficient (Wildman–Crippen LogP) is 1.87. The zero-order valence-electron chi connectivity index (χ0n) is 12.0. The number of hydrogen-bond acceptors (Lipinski definition) is 6. The van der Waals surface area contributed by atoms with Crippen LogP contribution in [0.5, 0.6) is 0 Å². The van der Waals surface area contributed by atoms with Crippen LogP contribution >= 0.6 is 0 Å². The van der Waals surface area contributed by atoms with Crippen molar-refractivity contribution in [2.45, 2.75) is 6.54 Å². The van der Waals surface area contributed by atoms with Gasteiger partial charge in [-0.25, -0.2) is 0 Å². The minimum absolute atomic E-state index is 0.0845. The summed E-state index contributed by atoms with van der Waals surface area (Å²) in [5.41, 5.74) is 0.702. The maximum Gasteiger partial charge on any atom is 0.433 e. The number of carbonyl (C=O) groups excluding carboxylic acids is 1. The van der Waals surface area contributed by atoms with Crippen LogP contribution in [-0.4, -0.2) is 41.0 Å². The van der Waals surface area contributed by atoms with Gasteiger partial charge in [-0.15, -0.1) is 0 Å². The second-order valence-corrected chi connectivity index (χ2v) is 4.44. The van der Waals surface area contributed by atoms with E-state index < -0.39 is 16.7 Å². The van der Waals surface area contributed by atoms with Gasteiger partial charge in [0.05, 0.1) is 24.9 Å². The monoisotopic (exact) mass is 305 g/mol. The lowest BCUT2D eigenvalue weighted by molar-refractivity contribution is -0.402. The molecule has 2 aromatic heterocycles. The molecule has 0 spiro atoms.